The molecule has 1 aromatic heterocycles. The van der Waals surface area contributed by atoms with E-state index in [1.807, 2.05) is 24.3 Å². The second kappa shape index (κ2) is 4.47. The van der Waals surface area contributed by atoms with Gasteiger partial charge in [0.25, 0.3) is 0 Å². The number of hydrogen-bond acceptors (Lipinski definition) is 3. The van der Waals surface area contributed by atoms with Crippen LogP contribution in [-0.4, -0.2) is 22.6 Å². The molecule has 3 rings (SSSR count). The molecular formula is C13H18N4. The molecule has 1 saturated heterocycles. The Morgan fingerprint density at radius 2 is 2.18 bits per heavy atom. The monoisotopic (exact) mass is 230 g/mol. The fourth-order valence-electron chi connectivity index (χ4n) is 2.51. The third-order valence-electron chi connectivity index (χ3n) is 3.51. The molecule has 2 aromatic rings. The zero-order valence-corrected chi connectivity index (χ0v) is 9.82. The highest BCUT2D eigenvalue weighted by Gasteiger charge is 2.23. The van der Waals surface area contributed by atoms with Gasteiger partial charge in [0.05, 0.1) is 17.1 Å². The minimum absolute atomic E-state index is 0.0392. The topological polar surface area (TPSA) is 66.7 Å². The minimum atomic E-state index is -0.0392. The molecule has 1 aromatic carbocycles. The van der Waals surface area contributed by atoms with Crippen molar-refractivity contribution in [1.29, 1.82) is 0 Å². The summed E-state index contributed by atoms with van der Waals surface area (Å²) in [5, 5.41) is 3.48. The molecule has 17 heavy (non-hydrogen) atoms. The van der Waals surface area contributed by atoms with Gasteiger partial charge in [0.15, 0.2) is 0 Å². The number of aromatic nitrogens is 2. The molecule has 0 radical (unpaired) electrons. The number of nitrogens with two attached hydrogens (primary N) is 1. The average molecular weight is 230 g/mol. The van der Waals surface area contributed by atoms with Crippen LogP contribution in [-0.2, 0) is 0 Å². The first-order valence-electron chi connectivity index (χ1n) is 6.28. The molecule has 1 aliphatic rings. The van der Waals surface area contributed by atoms with Crippen molar-refractivity contribution in [3.8, 4) is 0 Å². The van der Waals surface area contributed by atoms with Gasteiger partial charge in [-0.15, -0.1) is 0 Å². The van der Waals surface area contributed by atoms with Crippen LogP contribution in [0, 0.1) is 0 Å². The molecule has 4 nitrogen and oxygen atoms in total. The molecule has 0 amide bonds. The Hall–Kier alpha value is -1.39. The van der Waals surface area contributed by atoms with Gasteiger partial charge in [0.1, 0.15) is 5.82 Å². The normalized spacial score (nSPS) is 22.8. The first-order chi connectivity index (χ1) is 8.34. The molecule has 0 spiro atoms. The van der Waals surface area contributed by atoms with Crippen LogP contribution in [0.1, 0.15) is 31.1 Å². The second-order valence-electron chi connectivity index (χ2n) is 4.72. The highest BCUT2D eigenvalue weighted by molar-refractivity contribution is 5.74. The summed E-state index contributed by atoms with van der Waals surface area (Å²) < 4.78 is 0. The van der Waals surface area contributed by atoms with Crippen molar-refractivity contribution in [3.63, 3.8) is 0 Å². The summed E-state index contributed by atoms with van der Waals surface area (Å²) in [7, 11) is 0. The van der Waals surface area contributed by atoms with Crippen molar-refractivity contribution >= 4 is 11.0 Å². The van der Waals surface area contributed by atoms with E-state index in [0.29, 0.717) is 6.04 Å². The van der Waals surface area contributed by atoms with Crippen LogP contribution in [0.15, 0.2) is 24.3 Å². The van der Waals surface area contributed by atoms with E-state index in [2.05, 4.69) is 15.3 Å². The van der Waals surface area contributed by atoms with Crippen LogP contribution in [0.5, 0.6) is 0 Å². The summed E-state index contributed by atoms with van der Waals surface area (Å²) >= 11 is 0. The number of piperidine rings is 1. The number of H-pyrrole nitrogens is 1. The summed E-state index contributed by atoms with van der Waals surface area (Å²) in [5.41, 5.74) is 8.34. The first kappa shape index (κ1) is 10.7. The summed E-state index contributed by atoms with van der Waals surface area (Å²) in [6.45, 7) is 1.07. The number of hydrogen-bond donors (Lipinski definition) is 3. The summed E-state index contributed by atoms with van der Waals surface area (Å²) in [6, 6.07) is 8.36. The maximum Gasteiger partial charge on any atom is 0.125 e. The van der Waals surface area contributed by atoms with Gasteiger partial charge in [-0.2, -0.15) is 0 Å². The molecule has 1 aliphatic heterocycles. The zero-order valence-electron chi connectivity index (χ0n) is 9.82. The third kappa shape index (κ3) is 2.06. The van der Waals surface area contributed by atoms with E-state index in [4.69, 9.17) is 5.73 Å². The second-order valence-corrected chi connectivity index (χ2v) is 4.72. The Morgan fingerprint density at radius 3 is 2.94 bits per heavy atom. The van der Waals surface area contributed by atoms with Crippen molar-refractivity contribution < 1.29 is 0 Å². The van der Waals surface area contributed by atoms with E-state index in [9.17, 15) is 0 Å². The number of aromatic amines is 1. The van der Waals surface area contributed by atoms with Gasteiger partial charge in [-0.05, 0) is 31.5 Å². The number of para-hydroxylation sites is 2. The van der Waals surface area contributed by atoms with Crippen molar-refractivity contribution in [3.05, 3.63) is 30.1 Å². The van der Waals surface area contributed by atoms with Crippen LogP contribution in [0.2, 0.25) is 0 Å². The molecule has 0 saturated carbocycles. The van der Waals surface area contributed by atoms with Gasteiger partial charge in [-0.1, -0.05) is 18.6 Å². The number of benzene rings is 1. The summed E-state index contributed by atoms with van der Waals surface area (Å²) in [5.74, 6) is 0.894. The average Bonchev–Trinajstić information content (AvgIpc) is 2.82. The lowest BCUT2D eigenvalue weighted by Gasteiger charge is -2.27. The standard InChI is InChI=1S/C13H18N4/c14-12(11-7-3-4-8-15-11)13-16-9-5-1-2-6-10(9)17-13/h1-2,5-6,11-12,15H,3-4,7-8,14H2,(H,16,17). The van der Waals surface area contributed by atoms with Crippen LogP contribution in [0.4, 0.5) is 0 Å². The quantitative estimate of drug-likeness (QED) is 0.735. The lowest BCUT2D eigenvalue weighted by molar-refractivity contribution is 0.347. The Morgan fingerprint density at radius 1 is 1.29 bits per heavy atom. The Bertz CT molecular complexity index is 466. The zero-order chi connectivity index (χ0) is 11.7. The van der Waals surface area contributed by atoms with Gasteiger partial charge in [0, 0.05) is 6.04 Å². The molecule has 2 atom stereocenters. The predicted molar refractivity (Wildman–Crippen MR) is 68.7 cm³/mol. The number of imidazole rings is 1. The molecule has 4 N–H and O–H groups in total. The van der Waals surface area contributed by atoms with E-state index < -0.39 is 0 Å². The highest BCUT2D eigenvalue weighted by Crippen LogP contribution is 2.21. The van der Waals surface area contributed by atoms with Gasteiger partial charge in [-0.3, -0.25) is 0 Å². The van der Waals surface area contributed by atoms with Crippen LogP contribution in [0.25, 0.3) is 11.0 Å². The lowest BCUT2D eigenvalue weighted by Crippen LogP contribution is -2.42. The number of fused-ring (bicyclic) bond motifs is 1. The molecular weight excluding hydrogens is 212 g/mol. The Kier molecular flexibility index (Phi) is 2.82. The van der Waals surface area contributed by atoms with Crippen LogP contribution in [0.3, 0.4) is 0 Å². The highest BCUT2D eigenvalue weighted by atomic mass is 15.0. The fraction of sp³-hybridized carbons (Fsp3) is 0.462. The molecule has 4 heteroatoms. The van der Waals surface area contributed by atoms with E-state index in [-0.39, 0.29) is 6.04 Å². The van der Waals surface area contributed by atoms with Gasteiger partial charge in [-0.25, -0.2) is 4.98 Å². The molecule has 0 aliphatic carbocycles. The maximum atomic E-state index is 6.28. The molecule has 2 unspecified atom stereocenters. The largest absolute Gasteiger partial charge is 0.341 e. The van der Waals surface area contributed by atoms with Crippen LogP contribution >= 0.6 is 0 Å². The Balaban J connectivity index is 1.86. The van der Waals surface area contributed by atoms with Crippen molar-refractivity contribution in [2.75, 3.05) is 6.54 Å². The smallest absolute Gasteiger partial charge is 0.125 e. The van der Waals surface area contributed by atoms with Crippen LogP contribution < -0.4 is 11.1 Å². The van der Waals surface area contributed by atoms with Crippen molar-refractivity contribution in [2.45, 2.75) is 31.3 Å². The fourth-order valence-corrected chi connectivity index (χ4v) is 2.51. The number of rotatable bonds is 2. The summed E-state index contributed by atoms with van der Waals surface area (Å²) in [6.07, 6.45) is 3.65. The van der Waals surface area contributed by atoms with E-state index in [1.54, 1.807) is 0 Å². The van der Waals surface area contributed by atoms with Crippen molar-refractivity contribution in [1.82, 2.24) is 15.3 Å². The van der Waals surface area contributed by atoms with Gasteiger partial charge in [0.2, 0.25) is 0 Å². The molecule has 90 valence electrons. The molecule has 1 fully saturated rings. The SMILES string of the molecule is NC(c1nc2ccccc2[nH]1)C1CCCCN1. The van der Waals surface area contributed by atoms with E-state index >= 15 is 0 Å². The van der Waals surface area contributed by atoms with Crippen molar-refractivity contribution in [2.24, 2.45) is 5.73 Å². The minimum Gasteiger partial charge on any atom is -0.341 e. The number of nitrogens with one attached hydrogen (secondary N) is 2. The molecule has 0 bridgehead atoms. The predicted octanol–water partition coefficient (Wildman–Crippen LogP) is 1.70. The first-order valence-corrected chi connectivity index (χ1v) is 6.28. The van der Waals surface area contributed by atoms with Gasteiger partial charge < -0.3 is 16.0 Å². The third-order valence-corrected chi connectivity index (χ3v) is 3.51. The van der Waals surface area contributed by atoms with Gasteiger partial charge >= 0.3 is 0 Å². The van der Waals surface area contributed by atoms with E-state index in [0.717, 1.165) is 29.8 Å². The maximum absolute atomic E-state index is 6.28. The van der Waals surface area contributed by atoms with E-state index in [1.165, 1.54) is 12.8 Å². The Labute approximate surface area is 101 Å². The molecule has 2 heterocycles. The number of nitrogens with zero attached hydrogens (tertiary/aromatic N) is 1. The lowest BCUT2D eigenvalue weighted by atomic mass is 9.98. The summed E-state index contributed by atoms with van der Waals surface area (Å²) in [4.78, 5) is 7.88.